The van der Waals surface area contributed by atoms with Crippen LogP contribution in [0.15, 0.2) is 83.6 Å². The average molecular weight is 541 g/mol. The third kappa shape index (κ3) is 5.39. The molecule has 0 spiro atoms. The van der Waals surface area contributed by atoms with Crippen molar-refractivity contribution in [3.05, 3.63) is 102 Å². The molecule has 0 aliphatic carbocycles. The number of hydrogen-bond acceptors (Lipinski definition) is 8. The van der Waals surface area contributed by atoms with Crippen LogP contribution in [0.3, 0.4) is 0 Å². The maximum absolute atomic E-state index is 13.1. The van der Waals surface area contributed by atoms with Crippen LogP contribution in [0.1, 0.15) is 22.5 Å². The number of aromatic nitrogens is 4. The van der Waals surface area contributed by atoms with Gasteiger partial charge in [-0.05, 0) is 30.2 Å². The molecule has 4 heterocycles. The zero-order valence-electron chi connectivity index (χ0n) is 21.6. The van der Waals surface area contributed by atoms with Gasteiger partial charge in [0.2, 0.25) is 10.0 Å². The second-order valence-electron chi connectivity index (χ2n) is 9.71. The van der Waals surface area contributed by atoms with Gasteiger partial charge in [-0.3, -0.25) is 4.98 Å². The number of aryl methyl sites for hydroxylation is 1. The molecule has 0 saturated carbocycles. The van der Waals surface area contributed by atoms with E-state index < -0.39 is 10.0 Å². The van der Waals surface area contributed by atoms with Gasteiger partial charge in [-0.2, -0.15) is 9.29 Å². The highest BCUT2D eigenvalue weighted by Crippen LogP contribution is 2.34. The number of pyridine rings is 1. The van der Waals surface area contributed by atoms with Crippen molar-refractivity contribution < 1.29 is 12.9 Å². The number of nitrogens with zero attached hydrogens (tertiary/aromatic N) is 6. The lowest BCUT2D eigenvalue weighted by Crippen LogP contribution is -2.49. The smallest absolute Gasteiger partial charge is 0.263 e. The summed E-state index contributed by atoms with van der Waals surface area (Å²) in [5, 5.41) is 5.04. The molecule has 0 radical (unpaired) electrons. The van der Waals surface area contributed by atoms with E-state index in [9.17, 15) is 8.42 Å². The molecule has 9 nitrogen and oxygen atoms in total. The summed E-state index contributed by atoms with van der Waals surface area (Å²) in [5.41, 5.74) is 4.89. The van der Waals surface area contributed by atoms with E-state index in [4.69, 9.17) is 14.5 Å². The van der Waals surface area contributed by atoms with Crippen LogP contribution < -0.4 is 4.90 Å². The van der Waals surface area contributed by atoms with Gasteiger partial charge in [0, 0.05) is 50.6 Å². The molecule has 5 aromatic rings. The van der Waals surface area contributed by atoms with Gasteiger partial charge in [-0.15, -0.1) is 0 Å². The molecule has 2 aromatic carbocycles. The van der Waals surface area contributed by atoms with E-state index in [1.54, 1.807) is 16.7 Å². The van der Waals surface area contributed by atoms with Crippen molar-refractivity contribution in [1.82, 2.24) is 24.4 Å². The molecule has 3 aromatic heterocycles. The highest BCUT2D eigenvalue weighted by atomic mass is 32.2. The number of sulfonamides is 1. The van der Waals surface area contributed by atoms with Gasteiger partial charge < -0.3 is 9.42 Å². The lowest BCUT2D eigenvalue weighted by molar-refractivity contribution is 0.383. The van der Waals surface area contributed by atoms with E-state index in [0.29, 0.717) is 61.0 Å². The van der Waals surface area contributed by atoms with E-state index in [0.717, 1.165) is 16.7 Å². The fourth-order valence-electron chi connectivity index (χ4n) is 4.83. The monoisotopic (exact) mass is 540 g/mol. The molecular weight excluding hydrogens is 512 g/mol. The fraction of sp³-hybridized carbons (Fsp3) is 0.241. The van der Waals surface area contributed by atoms with Gasteiger partial charge >= 0.3 is 0 Å². The van der Waals surface area contributed by atoms with E-state index in [-0.39, 0.29) is 5.75 Å². The predicted octanol–water partition coefficient (Wildman–Crippen LogP) is 4.23. The largest absolute Gasteiger partial charge is 0.353 e. The van der Waals surface area contributed by atoms with Crippen molar-refractivity contribution >= 4 is 26.9 Å². The molecule has 0 N–H and O–H groups in total. The minimum Gasteiger partial charge on any atom is -0.353 e. The molecule has 0 atom stereocenters. The first-order valence-electron chi connectivity index (χ1n) is 12.9. The molecule has 1 saturated heterocycles. The van der Waals surface area contributed by atoms with Crippen molar-refractivity contribution in [2.24, 2.45) is 0 Å². The number of hydrogen-bond donors (Lipinski definition) is 0. The van der Waals surface area contributed by atoms with Gasteiger partial charge in [0.15, 0.2) is 0 Å². The molecule has 1 fully saturated rings. The molecule has 10 heteroatoms. The highest BCUT2D eigenvalue weighted by molar-refractivity contribution is 7.88. The lowest BCUT2D eigenvalue weighted by Gasteiger charge is -2.35. The third-order valence-corrected chi connectivity index (χ3v) is 8.75. The van der Waals surface area contributed by atoms with E-state index in [2.05, 4.69) is 46.2 Å². The average Bonchev–Trinajstić information content (AvgIpc) is 3.39. The Labute approximate surface area is 227 Å². The second-order valence-corrected chi connectivity index (χ2v) is 11.7. The summed E-state index contributed by atoms with van der Waals surface area (Å²) in [5.74, 6) is 1.31. The number of anilines is 1. The first kappa shape index (κ1) is 25.1. The number of rotatable bonds is 7. The second kappa shape index (κ2) is 10.5. The Balaban J connectivity index is 1.32. The minimum atomic E-state index is -3.44. The van der Waals surface area contributed by atoms with Crippen LogP contribution in [-0.2, 0) is 22.2 Å². The summed E-state index contributed by atoms with van der Waals surface area (Å²) < 4.78 is 33.6. The number of fused-ring (bicyclic) bond motifs is 1. The Kier molecular flexibility index (Phi) is 6.80. The molecule has 198 valence electrons. The van der Waals surface area contributed by atoms with Crippen LogP contribution in [0.5, 0.6) is 0 Å². The number of benzene rings is 2. The summed E-state index contributed by atoms with van der Waals surface area (Å²) in [6.45, 7) is 3.76. The van der Waals surface area contributed by atoms with E-state index >= 15 is 0 Å². The maximum atomic E-state index is 13.1. The minimum absolute atomic E-state index is 0.0108. The van der Waals surface area contributed by atoms with Crippen molar-refractivity contribution in [2.45, 2.75) is 19.1 Å². The van der Waals surface area contributed by atoms with Crippen molar-refractivity contribution in [3.63, 3.8) is 0 Å². The van der Waals surface area contributed by atoms with Gasteiger partial charge in [0.1, 0.15) is 22.7 Å². The normalized spacial score (nSPS) is 14.6. The molecule has 0 amide bonds. The van der Waals surface area contributed by atoms with Crippen LogP contribution in [0.2, 0.25) is 0 Å². The molecule has 0 unspecified atom stereocenters. The third-order valence-electron chi connectivity index (χ3n) is 6.90. The zero-order valence-corrected chi connectivity index (χ0v) is 22.4. The standard InChI is InChI=1S/C29H28N6O3S/c1-21-9-11-22(12-10-21)18-25-31-28(26-27(33-38-29(26)32-25)24-8-5-13-30-19-24)34-14-16-35(17-15-34)39(36,37)20-23-6-3-2-4-7-23/h2-13,19H,14-18,20H2,1H3. The fourth-order valence-corrected chi connectivity index (χ4v) is 6.35. The van der Waals surface area contributed by atoms with Crippen molar-refractivity contribution in [2.75, 3.05) is 31.1 Å². The van der Waals surface area contributed by atoms with Gasteiger partial charge in [-0.1, -0.05) is 65.3 Å². The Morgan fingerprint density at radius 2 is 1.64 bits per heavy atom. The topological polar surface area (TPSA) is 105 Å². The van der Waals surface area contributed by atoms with E-state index in [1.165, 1.54) is 5.56 Å². The van der Waals surface area contributed by atoms with Crippen LogP contribution in [-0.4, -0.2) is 59.0 Å². The Hall–Kier alpha value is -4.15. The Morgan fingerprint density at radius 3 is 2.36 bits per heavy atom. The quantitative estimate of drug-likeness (QED) is 0.302. The molecule has 39 heavy (non-hydrogen) atoms. The molecule has 1 aliphatic rings. The molecule has 0 bridgehead atoms. The summed E-state index contributed by atoms with van der Waals surface area (Å²) in [7, 11) is -3.44. The van der Waals surface area contributed by atoms with Gasteiger partial charge in [0.05, 0.1) is 5.75 Å². The van der Waals surface area contributed by atoms with Gasteiger partial charge in [-0.25, -0.2) is 13.4 Å². The van der Waals surface area contributed by atoms with Crippen molar-refractivity contribution in [1.29, 1.82) is 0 Å². The predicted molar refractivity (Wildman–Crippen MR) is 150 cm³/mol. The maximum Gasteiger partial charge on any atom is 0.263 e. The summed E-state index contributed by atoms with van der Waals surface area (Å²) in [6, 6.07) is 21.3. The van der Waals surface area contributed by atoms with Crippen LogP contribution in [0, 0.1) is 6.92 Å². The summed E-state index contributed by atoms with van der Waals surface area (Å²) >= 11 is 0. The van der Waals surface area contributed by atoms with Crippen LogP contribution in [0.4, 0.5) is 5.82 Å². The Morgan fingerprint density at radius 1 is 0.872 bits per heavy atom. The van der Waals surface area contributed by atoms with E-state index in [1.807, 2.05) is 42.5 Å². The SMILES string of the molecule is Cc1ccc(Cc2nc(N3CCN(S(=O)(=O)Cc4ccccc4)CC3)c3c(-c4cccnc4)noc3n2)cc1. The van der Waals surface area contributed by atoms with Gasteiger partial charge in [0.25, 0.3) is 5.71 Å². The first-order valence-corrected chi connectivity index (χ1v) is 14.5. The highest BCUT2D eigenvalue weighted by Gasteiger charge is 2.30. The van der Waals surface area contributed by atoms with Crippen LogP contribution >= 0.6 is 0 Å². The summed E-state index contributed by atoms with van der Waals surface area (Å²) in [6.07, 6.45) is 3.98. The zero-order chi connectivity index (χ0) is 26.8. The molecule has 6 rings (SSSR count). The Bertz CT molecular complexity index is 1680. The van der Waals surface area contributed by atoms with Crippen molar-refractivity contribution in [3.8, 4) is 11.3 Å². The molecule has 1 aliphatic heterocycles. The molecular formula is C29H28N6O3S. The first-order chi connectivity index (χ1) is 19.0. The number of piperazine rings is 1. The van der Waals surface area contributed by atoms with Crippen LogP contribution in [0.25, 0.3) is 22.4 Å². The summed E-state index contributed by atoms with van der Waals surface area (Å²) in [4.78, 5) is 16.0. The lowest BCUT2D eigenvalue weighted by atomic mass is 10.1.